The molecule has 1 fully saturated rings. The van der Waals surface area contributed by atoms with E-state index in [1.165, 1.54) is 0 Å². The fourth-order valence-electron chi connectivity index (χ4n) is 4.15. The molecule has 0 radical (unpaired) electrons. The maximum atomic E-state index is 12.2. The number of hydrogen-bond acceptors (Lipinski definition) is 6. The first-order valence-corrected chi connectivity index (χ1v) is 12.3. The van der Waals surface area contributed by atoms with Crippen molar-refractivity contribution >= 4 is 28.7 Å². The average Bonchev–Trinajstić information content (AvgIpc) is 2.76. The molecule has 0 unspecified atom stereocenters. The van der Waals surface area contributed by atoms with Gasteiger partial charge in [0.2, 0.25) is 0 Å². The molecule has 1 aliphatic heterocycles. The van der Waals surface area contributed by atoms with Crippen LogP contribution in [-0.4, -0.2) is 83.9 Å². The summed E-state index contributed by atoms with van der Waals surface area (Å²) in [5, 5.41) is 10.5. The number of hydrogen-bond donors (Lipinski definition) is 1. The van der Waals surface area contributed by atoms with Gasteiger partial charge in [0, 0.05) is 62.0 Å². The zero-order valence-electron chi connectivity index (χ0n) is 22.2. The van der Waals surface area contributed by atoms with Gasteiger partial charge in [-0.2, -0.15) is 0 Å². The van der Waals surface area contributed by atoms with Gasteiger partial charge in [-0.3, -0.25) is 9.88 Å². The summed E-state index contributed by atoms with van der Waals surface area (Å²) in [6.07, 6.45) is 0.728. The number of benzene rings is 1. The van der Waals surface area contributed by atoms with Crippen LogP contribution in [0.3, 0.4) is 0 Å². The number of carboxylic acid groups (broad SMARTS) is 1. The van der Waals surface area contributed by atoms with Gasteiger partial charge in [0.15, 0.2) is 0 Å². The van der Waals surface area contributed by atoms with E-state index < -0.39 is 11.6 Å². The van der Waals surface area contributed by atoms with Crippen LogP contribution in [0.25, 0.3) is 10.9 Å². The van der Waals surface area contributed by atoms with Gasteiger partial charge in [-0.05, 0) is 58.0 Å². The van der Waals surface area contributed by atoms with Crippen molar-refractivity contribution in [3.05, 3.63) is 35.5 Å². The molecule has 1 amide bonds. The smallest absolute Gasteiger partial charge is 0.410 e. The molecule has 0 aliphatic carbocycles. The second kappa shape index (κ2) is 10.4. The fourth-order valence-corrected chi connectivity index (χ4v) is 4.15. The SMILES string of the molecule is CN(CCCN1CCN(C(=O)OC(C)(C)C)CC1)c1ccc2nc(C(C)(C)C)cc(C(=O)O)c2c1. The minimum Gasteiger partial charge on any atom is -0.478 e. The van der Waals surface area contributed by atoms with Gasteiger partial charge in [0.25, 0.3) is 0 Å². The number of aromatic nitrogens is 1. The highest BCUT2D eigenvalue weighted by Crippen LogP contribution is 2.29. The van der Waals surface area contributed by atoms with Crippen molar-refractivity contribution in [2.45, 2.75) is 59.0 Å². The lowest BCUT2D eigenvalue weighted by molar-refractivity contribution is 0.0145. The Bertz CT molecular complexity index is 1060. The number of ether oxygens (including phenoxy) is 1. The fraction of sp³-hybridized carbons (Fsp3) is 0.593. The molecule has 2 heterocycles. The zero-order valence-corrected chi connectivity index (χ0v) is 22.2. The molecule has 0 saturated carbocycles. The molecule has 1 saturated heterocycles. The van der Waals surface area contributed by atoms with Crippen LogP contribution in [0.1, 0.15) is 64.0 Å². The Morgan fingerprint density at radius 3 is 2.29 bits per heavy atom. The summed E-state index contributed by atoms with van der Waals surface area (Å²) in [5.74, 6) is -0.937. The summed E-state index contributed by atoms with van der Waals surface area (Å²) in [6, 6.07) is 7.55. The largest absolute Gasteiger partial charge is 0.478 e. The second-order valence-electron chi connectivity index (χ2n) is 11.4. The molecule has 0 bridgehead atoms. The van der Waals surface area contributed by atoms with Crippen LogP contribution >= 0.6 is 0 Å². The van der Waals surface area contributed by atoms with Crippen LogP contribution < -0.4 is 4.90 Å². The predicted molar refractivity (Wildman–Crippen MR) is 140 cm³/mol. The highest BCUT2D eigenvalue weighted by molar-refractivity contribution is 6.03. The number of aromatic carboxylic acids is 1. The third-order valence-corrected chi connectivity index (χ3v) is 6.22. The van der Waals surface area contributed by atoms with Crippen LogP contribution in [0.5, 0.6) is 0 Å². The molecule has 1 aromatic carbocycles. The van der Waals surface area contributed by atoms with Crippen molar-refractivity contribution in [1.82, 2.24) is 14.8 Å². The van der Waals surface area contributed by atoms with Crippen LogP contribution in [0.2, 0.25) is 0 Å². The van der Waals surface area contributed by atoms with Crippen LogP contribution in [0.4, 0.5) is 10.5 Å². The monoisotopic (exact) mass is 484 g/mol. The average molecular weight is 485 g/mol. The molecular formula is C27H40N4O4. The Morgan fingerprint density at radius 1 is 1.06 bits per heavy atom. The van der Waals surface area contributed by atoms with Gasteiger partial charge < -0.3 is 19.6 Å². The third-order valence-electron chi connectivity index (χ3n) is 6.22. The van der Waals surface area contributed by atoms with Gasteiger partial charge in [-0.25, -0.2) is 9.59 Å². The lowest BCUT2D eigenvalue weighted by Crippen LogP contribution is -2.50. The first-order chi connectivity index (χ1) is 16.2. The van der Waals surface area contributed by atoms with E-state index in [1.807, 2.05) is 66.8 Å². The van der Waals surface area contributed by atoms with Crippen LogP contribution in [-0.2, 0) is 10.2 Å². The number of pyridine rings is 1. The van der Waals surface area contributed by atoms with Crippen molar-refractivity contribution in [2.75, 3.05) is 51.2 Å². The van der Waals surface area contributed by atoms with E-state index in [4.69, 9.17) is 9.72 Å². The van der Waals surface area contributed by atoms with Crippen molar-refractivity contribution in [1.29, 1.82) is 0 Å². The molecule has 1 N–H and O–H groups in total. The van der Waals surface area contributed by atoms with E-state index in [0.717, 1.165) is 44.0 Å². The standard InChI is InChI=1S/C27H40N4O4/c1-26(2,3)23-18-21(24(32)33)20-17-19(9-10-22(20)28-23)29(7)11-8-12-30-13-15-31(16-14-30)25(34)35-27(4,5)6/h9-10,17-18H,8,11-16H2,1-7H3,(H,32,33). The maximum absolute atomic E-state index is 12.2. The molecule has 1 aliphatic rings. The maximum Gasteiger partial charge on any atom is 0.410 e. The quantitative estimate of drug-likeness (QED) is 0.641. The topological polar surface area (TPSA) is 86.2 Å². The van der Waals surface area contributed by atoms with E-state index in [9.17, 15) is 14.7 Å². The Kier molecular flexibility index (Phi) is 7.94. The van der Waals surface area contributed by atoms with E-state index in [1.54, 1.807) is 11.0 Å². The van der Waals surface area contributed by atoms with Crippen molar-refractivity contribution in [3.8, 4) is 0 Å². The molecular weight excluding hydrogens is 444 g/mol. The number of carbonyl (C=O) groups excluding carboxylic acids is 1. The molecule has 192 valence electrons. The van der Waals surface area contributed by atoms with Crippen molar-refractivity contribution < 1.29 is 19.4 Å². The van der Waals surface area contributed by atoms with E-state index >= 15 is 0 Å². The highest BCUT2D eigenvalue weighted by atomic mass is 16.6. The number of anilines is 1. The molecule has 35 heavy (non-hydrogen) atoms. The van der Waals surface area contributed by atoms with E-state index in [-0.39, 0.29) is 17.1 Å². The van der Waals surface area contributed by atoms with Crippen molar-refractivity contribution in [2.24, 2.45) is 0 Å². The molecule has 8 heteroatoms. The summed E-state index contributed by atoms with van der Waals surface area (Å²) in [6.45, 7) is 16.6. The number of nitrogens with zero attached hydrogens (tertiary/aromatic N) is 4. The lowest BCUT2D eigenvalue weighted by Gasteiger charge is -2.35. The molecule has 0 atom stereocenters. The number of rotatable bonds is 6. The Labute approximate surface area is 208 Å². The van der Waals surface area contributed by atoms with Crippen LogP contribution in [0, 0.1) is 0 Å². The molecule has 3 rings (SSSR count). The first kappa shape index (κ1) is 26.7. The molecule has 8 nitrogen and oxygen atoms in total. The number of piperazine rings is 1. The minimum atomic E-state index is -0.937. The van der Waals surface area contributed by atoms with Crippen LogP contribution in [0.15, 0.2) is 24.3 Å². The van der Waals surface area contributed by atoms with Gasteiger partial charge in [-0.1, -0.05) is 20.8 Å². The van der Waals surface area contributed by atoms with E-state index in [0.29, 0.717) is 24.0 Å². The summed E-state index contributed by atoms with van der Waals surface area (Å²) >= 11 is 0. The normalized spacial score (nSPS) is 15.3. The summed E-state index contributed by atoms with van der Waals surface area (Å²) in [7, 11) is 2.03. The van der Waals surface area contributed by atoms with Gasteiger partial charge in [0.05, 0.1) is 11.1 Å². The predicted octanol–water partition coefficient (Wildman–Crippen LogP) is 4.61. The summed E-state index contributed by atoms with van der Waals surface area (Å²) in [5.41, 5.74) is 2.03. The Morgan fingerprint density at radius 2 is 1.71 bits per heavy atom. The van der Waals surface area contributed by atoms with Gasteiger partial charge in [0.1, 0.15) is 5.60 Å². The van der Waals surface area contributed by atoms with Crippen molar-refractivity contribution in [3.63, 3.8) is 0 Å². The molecule has 0 spiro atoms. The zero-order chi connectivity index (χ0) is 26.0. The number of carboxylic acids is 1. The lowest BCUT2D eigenvalue weighted by atomic mass is 9.89. The first-order valence-electron chi connectivity index (χ1n) is 12.3. The highest BCUT2D eigenvalue weighted by Gasteiger charge is 2.26. The Balaban J connectivity index is 1.58. The summed E-state index contributed by atoms with van der Waals surface area (Å²) < 4.78 is 5.47. The molecule has 1 aromatic heterocycles. The van der Waals surface area contributed by atoms with Gasteiger partial charge in [-0.15, -0.1) is 0 Å². The Hall–Kier alpha value is -2.87. The molecule has 2 aromatic rings. The van der Waals surface area contributed by atoms with Gasteiger partial charge >= 0.3 is 12.1 Å². The third kappa shape index (κ3) is 7.07. The number of fused-ring (bicyclic) bond motifs is 1. The number of amides is 1. The number of carbonyl (C=O) groups is 2. The summed E-state index contributed by atoms with van der Waals surface area (Å²) in [4.78, 5) is 35.2. The van der Waals surface area contributed by atoms with E-state index in [2.05, 4.69) is 9.80 Å². The second-order valence-corrected chi connectivity index (χ2v) is 11.4. The minimum absolute atomic E-state index is 0.230.